The summed E-state index contributed by atoms with van der Waals surface area (Å²) in [6.07, 6.45) is 5.38. The number of anilines is 1. The first-order valence-electron chi connectivity index (χ1n) is 8.85. The van der Waals surface area contributed by atoms with Crippen molar-refractivity contribution in [2.45, 2.75) is 26.3 Å². The van der Waals surface area contributed by atoms with Crippen molar-refractivity contribution in [3.8, 4) is 11.3 Å². The molecular formula is C19H22N6O. The van der Waals surface area contributed by atoms with Gasteiger partial charge in [0.15, 0.2) is 5.76 Å². The molecule has 0 spiro atoms. The average Bonchev–Trinajstić information content (AvgIpc) is 2.99. The molecule has 0 aromatic carbocycles. The van der Waals surface area contributed by atoms with E-state index in [2.05, 4.69) is 25.3 Å². The Morgan fingerprint density at radius 3 is 2.81 bits per heavy atom. The predicted molar refractivity (Wildman–Crippen MR) is 98.9 cm³/mol. The van der Waals surface area contributed by atoms with E-state index in [1.165, 1.54) is 5.56 Å². The number of fused-ring (bicyclic) bond motifs is 1. The Labute approximate surface area is 152 Å². The van der Waals surface area contributed by atoms with Gasteiger partial charge in [0.1, 0.15) is 17.3 Å². The number of hydrogen-bond donors (Lipinski definition) is 1. The molecule has 0 fully saturated rings. The molecule has 1 aliphatic heterocycles. The Kier molecular flexibility index (Phi) is 4.62. The fourth-order valence-corrected chi connectivity index (χ4v) is 3.32. The van der Waals surface area contributed by atoms with E-state index in [4.69, 9.17) is 9.51 Å². The monoisotopic (exact) mass is 350 g/mol. The summed E-state index contributed by atoms with van der Waals surface area (Å²) >= 11 is 0. The lowest BCUT2D eigenvalue weighted by Gasteiger charge is -2.21. The molecule has 0 saturated heterocycles. The first-order chi connectivity index (χ1) is 12.7. The summed E-state index contributed by atoms with van der Waals surface area (Å²) in [7, 11) is 2.04. The zero-order valence-electron chi connectivity index (χ0n) is 15.1. The summed E-state index contributed by atoms with van der Waals surface area (Å²) < 4.78 is 5.54. The van der Waals surface area contributed by atoms with E-state index in [0.29, 0.717) is 6.54 Å². The van der Waals surface area contributed by atoms with Crippen LogP contribution in [-0.4, -0.2) is 40.2 Å². The van der Waals surface area contributed by atoms with Gasteiger partial charge >= 0.3 is 0 Å². The van der Waals surface area contributed by atoms with Gasteiger partial charge in [0.05, 0.1) is 12.2 Å². The fourth-order valence-electron chi connectivity index (χ4n) is 3.32. The highest BCUT2D eigenvalue weighted by Gasteiger charge is 2.19. The normalized spacial score (nSPS) is 13.9. The van der Waals surface area contributed by atoms with E-state index >= 15 is 0 Å². The smallest absolute Gasteiger partial charge is 0.156 e. The number of pyridine rings is 1. The van der Waals surface area contributed by atoms with Gasteiger partial charge in [-0.05, 0) is 32.0 Å². The van der Waals surface area contributed by atoms with Crippen LogP contribution in [0.1, 0.15) is 22.8 Å². The van der Waals surface area contributed by atoms with Crippen molar-refractivity contribution >= 4 is 5.82 Å². The molecule has 3 aromatic heterocycles. The van der Waals surface area contributed by atoms with Crippen molar-refractivity contribution in [3.63, 3.8) is 0 Å². The minimum Gasteiger partial charge on any atom is -0.359 e. The molecule has 134 valence electrons. The van der Waals surface area contributed by atoms with Gasteiger partial charge in [-0.1, -0.05) is 5.16 Å². The Bertz CT molecular complexity index is 892. The topological polar surface area (TPSA) is 80.0 Å². The molecule has 0 aliphatic carbocycles. The Morgan fingerprint density at radius 1 is 1.15 bits per heavy atom. The molecule has 4 rings (SSSR count). The van der Waals surface area contributed by atoms with Crippen molar-refractivity contribution in [1.82, 2.24) is 25.4 Å². The van der Waals surface area contributed by atoms with Crippen molar-refractivity contribution in [2.75, 3.05) is 25.0 Å². The minimum atomic E-state index is 0.606. The van der Waals surface area contributed by atoms with Crippen molar-refractivity contribution in [3.05, 3.63) is 53.4 Å². The molecule has 1 N–H and O–H groups in total. The molecule has 0 bridgehead atoms. The van der Waals surface area contributed by atoms with Gasteiger partial charge in [0.25, 0.3) is 0 Å². The zero-order chi connectivity index (χ0) is 17.9. The van der Waals surface area contributed by atoms with Crippen LogP contribution in [-0.2, 0) is 19.4 Å². The second-order valence-electron chi connectivity index (χ2n) is 6.54. The van der Waals surface area contributed by atoms with Crippen LogP contribution in [0, 0.1) is 6.92 Å². The van der Waals surface area contributed by atoms with E-state index in [-0.39, 0.29) is 0 Å². The maximum absolute atomic E-state index is 5.54. The maximum atomic E-state index is 5.54. The average molecular weight is 350 g/mol. The molecule has 0 saturated carbocycles. The van der Waals surface area contributed by atoms with Crippen LogP contribution < -0.4 is 10.2 Å². The van der Waals surface area contributed by atoms with E-state index in [9.17, 15) is 0 Å². The van der Waals surface area contributed by atoms with Crippen LogP contribution >= 0.6 is 0 Å². The maximum Gasteiger partial charge on any atom is 0.156 e. The van der Waals surface area contributed by atoms with Crippen LogP contribution in [0.5, 0.6) is 0 Å². The third kappa shape index (κ3) is 3.43. The zero-order valence-corrected chi connectivity index (χ0v) is 15.1. The molecular weight excluding hydrogens is 328 g/mol. The van der Waals surface area contributed by atoms with Crippen molar-refractivity contribution < 1.29 is 4.52 Å². The molecule has 26 heavy (non-hydrogen) atoms. The molecule has 0 unspecified atom stereocenters. The number of nitrogens with one attached hydrogen (secondary N) is 1. The second-order valence-corrected chi connectivity index (χ2v) is 6.54. The van der Waals surface area contributed by atoms with E-state index < -0.39 is 0 Å². The number of rotatable bonds is 4. The van der Waals surface area contributed by atoms with Crippen LogP contribution in [0.25, 0.3) is 11.3 Å². The number of aryl methyl sites for hydroxylation is 1. The van der Waals surface area contributed by atoms with Gasteiger partial charge in [0.2, 0.25) is 0 Å². The fraction of sp³-hybridized carbons (Fsp3) is 0.368. The summed E-state index contributed by atoms with van der Waals surface area (Å²) in [6, 6.07) is 5.82. The molecule has 0 amide bonds. The molecule has 1 aliphatic rings. The lowest BCUT2D eigenvalue weighted by atomic mass is 10.1. The van der Waals surface area contributed by atoms with Crippen LogP contribution in [0.15, 0.2) is 35.1 Å². The van der Waals surface area contributed by atoms with Crippen LogP contribution in [0.2, 0.25) is 0 Å². The molecule has 7 heteroatoms. The Balaban J connectivity index is 1.58. The van der Waals surface area contributed by atoms with Gasteiger partial charge in [-0.2, -0.15) is 0 Å². The Hall–Kier alpha value is -2.80. The first kappa shape index (κ1) is 16.7. The third-order valence-electron chi connectivity index (χ3n) is 4.56. The highest BCUT2D eigenvalue weighted by atomic mass is 16.5. The number of hydrogen-bond acceptors (Lipinski definition) is 7. The van der Waals surface area contributed by atoms with Crippen molar-refractivity contribution in [1.29, 1.82) is 0 Å². The lowest BCUT2D eigenvalue weighted by molar-refractivity contribution is 0.384. The highest BCUT2D eigenvalue weighted by Crippen LogP contribution is 2.25. The lowest BCUT2D eigenvalue weighted by Crippen LogP contribution is -2.21. The number of aromatic nitrogens is 4. The van der Waals surface area contributed by atoms with Crippen LogP contribution in [0.3, 0.4) is 0 Å². The standard InChI is InChI=1S/C19H22N6O/c1-13-22-17-6-10-21-9-5-16(17)19(23-13)25(2)12-15-11-18(24-26-15)14-3-7-20-8-4-14/h3-4,7-8,11,21H,5-6,9-10,12H2,1-2H3. The van der Waals surface area contributed by atoms with E-state index in [1.54, 1.807) is 12.4 Å². The highest BCUT2D eigenvalue weighted by molar-refractivity contribution is 5.58. The van der Waals surface area contributed by atoms with E-state index in [0.717, 1.165) is 60.3 Å². The van der Waals surface area contributed by atoms with Gasteiger partial charge in [0, 0.05) is 49.6 Å². The third-order valence-corrected chi connectivity index (χ3v) is 4.56. The SMILES string of the molecule is Cc1nc2c(c(N(C)Cc3cc(-c4ccncc4)no3)n1)CCNCC2. The molecule has 4 heterocycles. The summed E-state index contributed by atoms with van der Waals surface area (Å²) in [5.74, 6) is 2.59. The van der Waals surface area contributed by atoms with Gasteiger partial charge in [-0.3, -0.25) is 4.98 Å². The molecule has 3 aromatic rings. The number of nitrogens with zero attached hydrogens (tertiary/aromatic N) is 5. The van der Waals surface area contributed by atoms with Gasteiger partial charge in [-0.15, -0.1) is 0 Å². The molecule has 0 atom stereocenters. The summed E-state index contributed by atoms with van der Waals surface area (Å²) in [5.41, 5.74) is 4.20. The van der Waals surface area contributed by atoms with Gasteiger partial charge < -0.3 is 14.7 Å². The predicted octanol–water partition coefficient (Wildman–Crippen LogP) is 2.16. The van der Waals surface area contributed by atoms with Gasteiger partial charge in [-0.25, -0.2) is 9.97 Å². The molecule has 7 nitrogen and oxygen atoms in total. The summed E-state index contributed by atoms with van der Waals surface area (Å²) in [5, 5.41) is 7.61. The van der Waals surface area contributed by atoms with E-state index in [1.807, 2.05) is 32.2 Å². The van der Waals surface area contributed by atoms with Crippen molar-refractivity contribution in [2.24, 2.45) is 0 Å². The molecule has 0 radical (unpaired) electrons. The second kappa shape index (κ2) is 7.21. The quantitative estimate of drug-likeness (QED) is 0.772. The van der Waals surface area contributed by atoms with Crippen LogP contribution in [0.4, 0.5) is 5.82 Å². The largest absolute Gasteiger partial charge is 0.359 e. The minimum absolute atomic E-state index is 0.606. The first-order valence-corrected chi connectivity index (χ1v) is 8.85. The summed E-state index contributed by atoms with van der Waals surface area (Å²) in [4.78, 5) is 15.5. The summed E-state index contributed by atoms with van der Waals surface area (Å²) in [6.45, 7) is 4.47. The Morgan fingerprint density at radius 2 is 1.96 bits per heavy atom.